The predicted octanol–water partition coefficient (Wildman–Crippen LogP) is 2.72. The third-order valence-electron chi connectivity index (χ3n) is 3.24. The molecule has 0 unspecified atom stereocenters. The van der Waals surface area contributed by atoms with Crippen LogP contribution in [0.5, 0.6) is 17.2 Å². The van der Waals surface area contributed by atoms with E-state index in [9.17, 15) is 4.79 Å². The molecule has 0 atom stereocenters. The number of amides is 1. The summed E-state index contributed by atoms with van der Waals surface area (Å²) in [6.07, 6.45) is 5.13. The molecule has 0 spiro atoms. The van der Waals surface area contributed by atoms with Crippen LogP contribution in [0.4, 0.5) is 5.69 Å². The molecule has 3 rings (SSSR count). The lowest BCUT2D eigenvalue weighted by molar-refractivity contribution is 0.102. The van der Waals surface area contributed by atoms with Gasteiger partial charge in [-0.05, 0) is 36.4 Å². The van der Waals surface area contributed by atoms with Crippen molar-refractivity contribution in [1.82, 2.24) is 0 Å². The fourth-order valence-electron chi connectivity index (χ4n) is 2.15. The topological polar surface area (TPSA) is 56.8 Å². The van der Waals surface area contributed by atoms with E-state index in [1.54, 1.807) is 42.5 Å². The highest BCUT2D eigenvalue weighted by atomic mass is 16.6. The fourth-order valence-corrected chi connectivity index (χ4v) is 2.15. The number of rotatable bonds is 4. The third-order valence-corrected chi connectivity index (χ3v) is 3.24. The van der Waals surface area contributed by atoms with Gasteiger partial charge in [-0.25, -0.2) is 0 Å². The zero-order chi connectivity index (χ0) is 16.1. The molecule has 5 heteroatoms. The highest BCUT2D eigenvalue weighted by molar-refractivity contribution is 6.04. The number of nitrogens with one attached hydrogen (secondary N) is 1. The molecule has 0 fully saturated rings. The van der Waals surface area contributed by atoms with Crippen molar-refractivity contribution < 1.29 is 19.0 Å². The maximum absolute atomic E-state index is 12.3. The number of ether oxygens (including phenoxy) is 3. The first-order valence-corrected chi connectivity index (χ1v) is 7.13. The lowest BCUT2D eigenvalue weighted by atomic mass is 10.2. The van der Waals surface area contributed by atoms with E-state index >= 15 is 0 Å². The Hall–Kier alpha value is -3.13. The third kappa shape index (κ3) is 3.55. The molecule has 0 saturated carbocycles. The Morgan fingerprint density at radius 2 is 1.87 bits per heavy atom. The fraction of sp³-hybridized carbons (Fsp3) is 0.167. The van der Waals surface area contributed by atoms with Gasteiger partial charge < -0.3 is 19.5 Å². The zero-order valence-corrected chi connectivity index (χ0v) is 12.4. The molecular weight excluding hydrogens is 294 g/mol. The number of hydrogen-bond acceptors (Lipinski definition) is 4. The van der Waals surface area contributed by atoms with Crippen LogP contribution in [-0.4, -0.2) is 25.7 Å². The largest absolute Gasteiger partial charge is 0.486 e. The van der Waals surface area contributed by atoms with Crippen LogP contribution < -0.4 is 19.5 Å². The maximum Gasteiger partial charge on any atom is 0.255 e. The first-order chi connectivity index (χ1) is 11.3. The van der Waals surface area contributed by atoms with Crippen molar-refractivity contribution in [3.8, 4) is 29.6 Å². The van der Waals surface area contributed by atoms with Crippen molar-refractivity contribution in [2.45, 2.75) is 0 Å². The molecule has 1 aliphatic rings. The van der Waals surface area contributed by atoms with Crippen LogP contribution in [0.1, 0.15) is 10.4 Å². The number of benzene rings is 2. The number of anilines is 1. The van der Waals surface area contributed by atoms with Gasteiger partial charge >= 0.3 is 0 Å². The SMILES string of the molecule is C#CCOc1ccc(C(=O)Nc2ccc3c(c2)OCCO3)cc1. The standard InChI is InChI=1S/C18H15NO4/c1-2-9-21-15-6-3-13(4-7-15)18(20)19-14-5-8-16-17(12-14)23-11-10-22-16/h1,3-8,12H,9-11H2,(H,19,20). The Morgan fingerprint density at radius 3 is 2.61 bits per heavy atom. The van der Waals surface area contributed by atoms with E-state index in [0.29, 0.717) is 41.7 Å². The zero-order valence-electron chi connectivity index (χ0n) is 12.4. The first kappa shape index (κ1) is 14.8. The molecule has 23 heavy (non-hydrogen) atoms. The van der Waals surface area contributed by atoms with Crippen LogP contribution in [0, 0.1) is 12.3 Å². The van der Waals surface area contributed by atoms with E-state index in [4.69, 9.17) is 20.6 Å². The van der Waals surface area contributed by atoms with Crippen LogP contribution in [0.2, 0.25) is 0 Å². The summed E-state index contributed by atoms with van der Waals surface area (Å²) in [5.74, 6) is 4.11. The second-order valence-corrected chi connectivity index (χ2v) is 4.83. The van der Waals surface area contributed by atoms with Crippen LogP contribution in [0.25, 0.3) is 0 Å². The molecule has 1 aliphatic heterocycles. The molecule has 0 aliphatic carbocycles. The minimum absolute atomic E-state index is 0.197. The van der Waals surface area contributed by atoms with E-state index < -0.39 is 0 Å². The Bertz CT molecular complexity index is 747. The molecule has 2 aromatic rings. The van der Waals surface area contributed by atoms with Gasteiger partial charge in [0.15, 0.2) is 11.5 Å². The van der Waals surface area contributed by atoms with E-state index in [1.165, 1.54) is 0 Å². The Labute approximate surface area is 134 Å². The van der Waals surface area contributed by atoms with Gasteiger partial charge in [0.2, 0.25) is 0 Å². The van der Waals surface area contributed by atoms with Gasteiger partial charge in [0.1, 0.15) is 25.6 Å². The molecule has 1 amide bonds. The van der Waals surface area contributed by atoms with Crippen molar-refractivity contribution >= 4 is 11.6 Å². The number of carbonyl (C=O) groups excluding carboxylic acids is 1. The summed E-state index contributed by atoms with van der Waals surface area (Å²) in [6.45, 7) is 1.24. The highest BCUT2D eigenvalue weighted by Gasteiger charge is 2.13. The average Bonchev–Trinajstić information content (AvgIpc) is 2.60. The van der Waals surface area contributed by atoms with Gasteiger partial charge in [-0.2, -0.15) is 0 Å². The molecule has 5 nitrogen and oxygen atoms in total. The lowest BCUT2D eigenvalue weighted by Gasteiger charge is -2.19. The van der Waals surface area contributed by atoms with Crippen molar-refractivity contribution in [3.05, 3.63) is 48.0 Å². The predicted molar refractivity (Wildman–Crippen MR) is 86.2 cm³/mol. The first-order valence-electron chi connectivity index (χ1n) is 7.13. The molecule has 2 aromatic carbocycles. The second kappa shape index (κ2) is 6.75. The molecule has 1 N–H and O–H groups in total. The quantitative estimate of drug-likeness (QED) is 0.882. The van der Waals surface area contributed by atoms with Crippen LogP contribution in [0.15, 0.2) is 42.5 Å². The van der Waals surface area contributed by atoms with Crippen LogP contribution in [0.3, 0.4) is 0 Å². The van der Waals surface area contributed by atoms with E-state index in [0.717, 1.165) is 0 Å². The number of fused-ring (bicyclic) bond motifs is 1. The Morgan fingerprint density at radius 1 is 1.13 bits per heavy atom. The average molecular weight is 309 g/mol. The van der Waals surface area contributed by atoms with Gasteiger partial charge in [-0.3, -0.25) is 4.79 Å². The van der Waals surface area contributed by atoms with Crippen molar-refractivity contribution in [3.63, 3.8) is 0 Å². The summed E-state index contributed by atoms with van der Waals surface area (Å²) < 4.78 is 16.2. The van der Waals surface area contributed by atoms with Crippen molar-refractivity contribution in [1.29, 1.82) is 0 Å². The van der Waals surface area contributed by atoms with Crippen LogP contribution >= 0.6 is 0 Å². The maximum atomic E-state index is 12.3. The van der Waals surface area contributed by atoms with Gasteiger partial charge in [0, 0.05) is 17.3 Å². The molecule has 0 saturated heterocycles. The minimum Gasteiger partial charge on any atom is -0.486 e. The summed E-state index contributed by atoms with van der Waals surface area (Å²) in [5.41, 5.74) is 1.17. The van der Waals surface area contributed by atoms with Crippen molar-refractivity contribution in [2.24, 2.45) is 0 Å². The summed E-state index contributed by atoms with van der Waals surface area (Å²) >= 11 is 0. The highest BCUT2D eigenvalue weighted by Crippen LogP contribution is 2.32. The van der Waals surface area contributed by atoms with E-state index in [2.05, 4.69) is 11.2 Å². The summed E-state index contributed by atoms with van der Waals surface area (Å²) in [4.78, 5) is 12.3. The normalized spacial score (nSPS) is 12.1. The molecular formula is C18H15NO4. The van der Waals surface area contributed by atoms with Gasteiger partial charge in [-0.15, -0.1) is 6.42 Å². The molecule has 0 aromatic heterocycles. The number of terminal acetylenes is 1. The monoisotopic (exact) mass is 309 g/mol. The molecule has 1 heterocycles. The Kier molecular flexibility index (Phi) is 4.34. The van der Waals surface area contributed by atoms with E-state index in [-0.39, 0.29) is 12.5 Å². The molecule has 116 valence electrons. The van der Waals surface area contributed by atoms with Gasteiger partial charge in [-0.1, -0.05) is 5.92 Å². The minimum atomic E-state index is -0.217. The second-order valence-electron chi connectivity index (χ2n) is 4.83. The van der Waals surface area contributed by atoms with Crippen LogP contribution in [-0.2, 0) is 0 Å². The summed E-state index contributed by atoms with van der Waals surface area (Å²) in [6, 6.07) is 12.1. The summed E-state index contributed by atoms with van der Waals surface area (Å²) in [7, 11) is 0. The number of carbonyl (C=O) groups is 1. The molecule has 0 radical (unpaired) electrons. The van der Waals surface area contributed by atoms with Gasteiger partial charge in [0.05, 0.1) is 0 Å². The van der Waals surface area contributed by atoms with E-state index in [1.807, 2.05) is 0 Å². The van der Waals surface area contributed by atoms with Crippen molar-refractivity contribution in [2.75, 3.05) is 25.1 Å². The Balaban J connectivity index is 1.68. The number of hydrogen-bond donors (Lipinski definition) is 1. The summed E-state index contributed by atoms with van der Waals surface area (Å²) in [5, 5.41) is 2.82. The van der Waals surface area contributed by atoms with Gasteiger partial charge in [0.25, 0.3) is 5.91 Å². The molecule has 0 bridgehead atoms. The smallest absolute Gasteiger partial charge is 0.255 e. The lowest BCUT2D eigenvalue weighted by Crippen LogP contribution is -2.16.